The van der Waals surface area contributed by atoms with Crippen molar-refractivity contribution >= 4 is 11.6 Å². The van der Waals surface area contributed by atoms with Crippen molar-refractivity contribution in [3.63, 3.8) is 0 Å². The molecule has 5 nitrogen and oxygen atoms in total. The Kier molecular flexibility index (Phi) is 4.09. The van der Waals surface area contributed by atoms with Gasteiger partial charge in [-0.1, -0.05) is 18.2 Å². The number of carbonyl (C=O) groups excluding carboxylic acids is 1. The van der Waals surface area contributed by atoms with E-state index in [1.165, 1.54) is 5.56 Å². The van der Waals surface area contributed by atoms with E-state index < -0.39 is 0 Å². The summed E-state index contributed by atoms with van der Waals surface area (Å²) in [7, 11) is 3.37. The summed E-state index contributed by atoms with van der Waals surface area (Å²) in [6.07, 6.45) is 3.05. The Morgan fingerprint density at radius 3 is 2.57 bits per heavy atom. The fourth-order valence-electron chi connectivity index (χ4n) is 5.66. The van der Waals surface area contributed by atoms with Gasteiger partial charge in [0.2, 0.25) is 5.91 Å². The molecule has 0 bridgehead atoms. The van der Waals surface area contributed by atoms with Gasteiger partial charge in [0.25, 0.3) is 0 Å². The van der Waals surface area contributed by atoms with E-state index in [-0.39, 0.29) is 11.4 Å². The Labute approximate surface area is 165 Å². The van der Waals surface area contributed by atoms with Crippen molar-refractivity contribution in [2.75, 3.05) is 32.2 Å². The summed E-state index contributed by atoms with van der Waals surface area (Å²) in [6, 6.07) is 16.5. The van der Waals surface area contributed by atoms with Gasteiger partial charge in [0.05, 0.1) is 14.2 Å². The zero-order chi connectivity index (χ0) is 19.3. The summed E-state index contributed by atoms with van der Waals surface area (Å²) < 4.78 is 10.8. The standard InChI is InChI=1S/C23H26N2O3/c1-27-19-8-3-6-16(12-19)21-13-17-15-24(18-7-4-9-20(14-18)28-2)22(26)23(17)10-5-11-25(21)23/h3-4,6-9,12,14,17,21H,5,10-11,13,15H2,1-2H3/t17-,21-,23-/m0/s1. The van der Waals surface area contributed by atoms with Crippen LogP contribution in [0.2, 0.25) is 0 Å². The van der Waals surface area contributed by atoms with Gasteiger partial charge in [0.15, 0.2) is 0 Å². The number of ether oxygens (including phenoxy) is 2. The Hall–Kier alpha value is -2.53. The molecule has 5 rings (SSSR count). The zero-order valence-corrected chi connectivity index (χ0v) is 16.4. The highest BCUT2D eigenvalue weighted by Crippen LogP contribution is 2.56. The average Bonchev–Trinajstić information content (AvgIpc) is 3.38. The van der Waals surface area contributed by atoms with Gasteiger partial charge in [-0.05, 0) is 55.6 Å². The largest absolute Gasteiger partial charge is 0.497 e. The van der Waals surface area contributed by atoms with Gasteiger partial charge < -0.3 is 14.4 Å². The topological polar surface area (TPSA) is 42.0 Å². The molecule has 3 aliphatic rings. The van der Waals surface area contributed by atoms with Gasteiger partial charge in [-0.2, -0.15) is 0 Å². The number of hydrogen-bond acceptors (Lipinski definition) is 4. The summed E-state index contributed by atoms with van der Waals surface area (Å²) in [4.78, 5) is 18.2. The van der Waals surface area contributed by atoms with Crippen LogP contribution in [0.25, 0.3) is 0 Å². The Morgan fingerprint density at radius 1 is 1.04 bits per heavy atom. The highest BCUT2D eigenvalue weighted by atomic mass is 16.5. The fraction of sp³-hybridized carbons (Fsp3) is 0.435. The van der Waals surface area contributed by atoms with Crippen LogP contribution in [0.15, 0.2) is 48.5 Å². The third kappa shape index (κ3) is 2.39. The maximum Gasteiger partial charge on any atom is 0.247 e. The summed E-state index contributed by atoms with van der Waals surface area (Å²) in [5.41, 5.74) is 1.85. The number of anilines is 1. The highest BCUT2D eigenvalue weighted by molar-refractivity contribution is 6.04. The summed E-state index contributed by atoms with van der Waals surface area (Å²) in [5, 5.41) is 0. The molecule has 3 atom stereocenters. The predicted molar refractivity (Wildman–Crippen MR) is 108 cm³/mol. The molecule has 0 unspecified atom stereocenters. The van der Waals surface area contributed by atoms with Crippen LogP contribution in [0.5, 0.6) is 11.5 Å². The van der Waals surface area contributed by atoms with E-state index in [2.05, 4.69) is 23.1 Å². The second-order valence-corrected chi connectivity index (χ2v) is 8.06. The third-order valence-electron chi connectivity index (χ3n) is 6.89. The summed E-state index contributed by atoms with van der Waals surface area (Å²) in [6.45, 7) is 1.76. The third-order valence-corrected chi connectivity index (χ3v) is 6.89. The first-order chi connectivity index (χ1) is 13.7. The van der Waals surface area contributed by atoms with Crippen molar-refractivity contribution in [1.82, 2.24) is 4.90 Å². The molecule has 1 amide bonds. The molecule has 0 aromatic heterocycles. The first-order valence-corrected chi connectivity index (χ1v) is 10.0. The minimum Gasteiger partial charge on any atom is -0.497 e. The van der Waals surface area contributed by atoms with Crippen molar-refractivity contribution in [3.05, 3.63) is 54.1 Å². The molecule has 5 heteroatoms. The molecule has 0 N–H and O–H groups in total. The molecule has 3 aliphatic heterocycles. The second-order valence-electron chi connectivity index (χ2n) is 8.06. The molecule has 3 heterocycles. The van der Waals surface area contributed by atoms with Crippen molar-refractivity contribution in [1.29, 1.82) is 0 Å². The van der Waals surface area contributed by atoms with Crippen LogP contribution in [-0.2, 0) is 4.79 Å². The smallest absolute Gasteiger partial charge is 0.247 e. The number of methoxy groups -OCH3 is 2. The molecule has 0 saturated carbocycles. The van der Waals surface area contributed by atoms with Crippen LogP contribution >= 0.6 is 0 Å². The lowest BCUT2D eigenvalue weighted by atomic mass is 9.85. The van der Waals surface area contributed by atoms with Crippen molar-refractivity contribution < 1.29 is 14.3 Å². The van der Waals surface area contributed by atoms with Gasteiger partial charge in [0.1, 0.15) is 17.0 Å². The second kappa shape index (κ2) is 6.52. The van der Waals surface area contributed by atoms with Crippen LogP contribution in [0.3, 0.4) is 0 Å². The minimum absolute atomic E-state index is 0.258. The SMILES string of the molecule is COc1cccc([C@@H]2C[C@H]3CN(c4cccc(OC)c4)C(=O)[C@]34CCCN24)c1. The molecule has 2 aromatic rings. The molecule has 0 aliphatic carbocycles. The molecular formula is C23H26N2O3. The minimum atomic E-state index is -0.350. The summed E-state index contributed by atoms with van der Waals surface area (Å²) >= 11 is 0. The zero-order valence-electron chi connectivity index (χ0n) is 16.4. The average molecular weight is 378 g/mol. The lowest BCUT2D eigenvalue weighted by molar-refractivity contribution is -0.126. The van der Waals surface area contributed by atoms with Crippen molar-refractivity contribution in [3.8, 4) is 11.5 Å². The van der Waals surface area contributed by atoms with E-state index in [0.717, 1.165) is 49.5 Å². The number of carbonyl (C=O) groups is 1. The predicted octanol–water partition coefficient (Wildman–Crippen LogP) is 3.65. The number of nitrogens with zero attached hydrogens (tertiary/aromatic N) is 2. The van der Waals surface area contributed by atoms with Crippen LogP contribution in [0, 0.1) is 5.92 Å². The maximum atomic E-state index is 13.7. The van der Waals surface area contributed by atoms with E-state index >= 15 is 0 Å². The van der Waals surface area contributed by atoms with Gasteiger partial charge >= 0.3 is 0 Å². The normalized spacial score (nSPS) is 29.1. The molecule has 1 spiro atoms. The Morgan fingerprint density at radius 2 is 1.79 bits per heavy atom. The van der Waals surface area contributed by atoms with E-state index in [1.807, 2.05) is 35.2 Å². The van der Waals surface area contributed by atoms with Gasteiger partial charge in [-0.3, -0.25) is 9.69 Å². The Balaban J connectivity index is 1.48. The lowest BCUT2D eigenvalue weighted by Gasteiger charge is -2.33. The fourth-order valence-corrected chi connectivity index (χ4v) is 5.66. The highest BCUT2D eigenvalue weighted by Gasteiger charge is 2.65. The molecule has 2 aromatic carbocycles. The monoisotopic (exact) mass is 378 g/mol. The van der Waals surface area contributed by atoms with E-state index in [4.69, 9.17) is 9.47 Å². The van der Waals surface area contributed by atoms with Crippen LogP contribution in [-0.4, -0.2) is 43.7 Å². The maximum absolute atomic E-state index is 13.7. The van der Waals surface area contributed by atoms with Crippen molar-refractivity contribution in [2.24, 2.45) is 5.92 Å². The van der Waals surface area contributed by atoms with E-state index in [9.17, 15) is 4.79 Å². The molecule has 28 heavy (non-hydrogen) atoms. The van der Waals surface area contributed by atoms with Gasteiger partial charge in [0, 0.05) is 30.3 Å². The Bertz CT molecular complexity index is 914. The van der Waals surface area contributed by atoms with E-state index in [1.54, 1.807) is 14.2 Å². The van der Waals surface area contributed by atoms with Gasteiger partial charge in [-0.15, -0.1) is 0 Å². The van der Waals surface area contributed by atoms with E-state index in [0.29, 0.717) is 12.0 Å². The molecule has 3 fully saturated rings. The van der Waals surface area contributed by atoms with Crippen LogP contribution < -0.4 is 14.4 Å². The van der Waals surface area contributed by atoms with Crippen molar-refractivity contribution in [2.45, 2.75) is 30.8 Å². The lowest BCUT2D eigenvalue weighted by Crippen LogP contribution is -2.49. The number of benzene rings is 2. The molecular weight excluding hydrogens is 352 g/mol. The molecule has 0 radical (unpaired) electrons. The molecule has 3 saturated heterocycles. The van der Waals surface area contributed by atoms with Crippen LogP contribution in [0.4, 0.5) is 5.69 Å². The first-order valence-electron chi connectivity index (χ1n) is 10.0. The van der Waals surface area contributed by atoms with Crippen LogP contribution in [0.1, 0.15) is 30.9 Å². The summed E-state index contributed by atoms with van der Waals surface area (Å²) in [5.74, 6) is 2.28. The van der Waals surface area contributed by atoms with Gasteiger partial charge in [-0.25, -0.2) is 0 Å². The molecule has 146 valence electrons. The number of hydrogen-bond donors (Lipinski definition) is 0. The number of amides is 1. The first kappa shape index (κ1) is 17.6. The number of rotatable bonds is 4. The quantitative estimate of drug-likeness (QED) is 0.815.